The van der Waals surface area contributed by atoms with Crippen LogP contribution < -0.4 is 0 Å². The second kappa shape index (κ2) is 8.55. The molecule has 7 heteroatoms. The van der Waals surface area contributed by atoms with E-state index < -0.39 is 23.8 Å². The number of imide groups is 1. The number of aromatic nitrogens is 1. The van der Waals surface area contributed by atoms with E-state index in [1.807, 2.05) is 44.2 Å². The Morgan fingerprint density at radius 2 is 1.61 bits per heavy atom. The van der Waals surface area contributed by atoms with Gasteiger partial charge in [-0.05, 0) is 24.5 Å². The molecular formula is C24H22N2O5. The fourth-order valence-electron chi connectivity index (χ4n) is 3.59. The minimum atomic E-state index is -1.02. The molecule has 1 aliphatic heterocycles. The van der Waals surface area contributed by atoms with Crippen LogP contribution in [-0.4, -0.2) is 33.7 Å². The molecule has 0 bridgehead atoms. The van der Waals surface area contributed by atoms with Gasteiger partial charge in [-0.2, -0.15) is 0 Å². The number of hydrogen-bond donors (Lipinski definition) is 0. The molecule has 1 unspecified atom stereocenters. The Morgan fingerprint density at radius 3 is 2.23 bits per heavy atom. The normalized spacial score (nSPS) is 14.1. The predicted octanol–water partition coefficient (Wildman–Crippen LogP) is 4.10. The molecule has 0 spiro atoms. The number of carbonyl (C=O) groups excluding carboxylic acids is 3. The third kappa shape index (κ3) is 4.12. The lowest BCUT2D eigenvalue weighted by Gasteiger charge is -2.25. The summed E-state index contributed by atoms with van der Waals surface area (Å²) in [5, 5.41) is 0. The van der Waals surface area contributed by atoms with Crippen molar-refractivity contribution in [1.82, 2.24) is 9.88 Å². The maximum absolute atomic E-state index is 12.9. The first kappa shape index (κ1) is 20.5. The number of rotatable bonds is 7. The zero-order valence-electron chi connectivity index (χ0n) is 17.3. The van der Waals surface area contributed by atoms with E-state index in [1.165, 1.54) is 0 Å². The Hall–Kier alpha value is -3.74. The Balaban J connectivity index is 1.49. The lowest BCUT2D eigenvalue weighted by Crippen LogP contribution is -2.46. The number of amides is 2. The fourth-order valence-corrected chi connectivity index (χ4v) is 3.59. The van der Waals surface area contributed by atoms with Crippen molar-refractivity contribution in [3.63, 3.8) is 0 Å². The van der Waals surface area contributed by atoms with Gasteiger partial charge in [0.1, 0.15) is 6.04 Å². The first-order valence-electron chi connectivity index (χ1n) is 10.1. The highest BCUT2D eigenvalue weighted by Gasteiger charge is 2.43. The number of ether oxygens (including phenoxy) is 1. The van der Waals surface area contributed by atoms with Crippen LogP contribution in [0.2, 0.25) is 0 Å². The van der Waals surface area contributed by atoms with Crippen molar-refractivity contribution in [2.75, 3.05) is 0 Å². The summed E-state index contributed by atoms with van der Waals surface area (Å²) >= 11 is 0. The second-order valence-corrected chi connectivity index (χ2v) is 7.76. The topological polar surface area (TPSA) is 89.7 Å². The van der Waals surface area contributed by atoms with Gasteiger partial charge in [-0.15, -0.1) is 0 Å². The van der Waals surface area contributed by atoms with Gasteiger partial charge >= 0.3 is 5.97 Å². The van der Waals surface area contributed by atoms with Crippen LogP contribution >= 0.6 is 0 Å². The molecule has 1 aromatic heterocycles. The molecule has 0 saturated carbocycles. The largest absolute Gasteiger partial charge is 0.454 e. The maximum atomic E-state index is 12.9. The van der Waals surface area contributed by atoms with Crippen LogP contribution in [0.5, 0.6) is 0 Å². The van der Waals surface area contributed by atoms with E-state index in [4.69, 9.17) is 9.15 Å². The van der Waals surface area contributed by atoms with Gasteiger partial charge < -0.3 is 9.15 Å². The standard InChI is InChI=1S/C24H22N2O5/c1-15(2)12-19(26-22(27)17-10-6-7-11-18(17)23(26)28)24(29)30-14-21-25-13-20(31-21)16-8-4-3-5-9-16/h3-11,13,15,19H,12,14H2,1-2H3. The summed E-state index contributed by atoms with van der Waals surface area (Å²) in [7, 11) is 0. The van der Waals surface area contributed by atoms with Gasteiger partial charge in [-0.25, -0.2) is 9.78 Å². The summed E-state index contributed by atoms with van der Waals surface area (Å²) in [5.41, 5.74) is 1.46. The summed E-state index contributed by atoms with van der Waals surface area (Å²) in [5.74, 6) is -0.768. The van der Waals surface area contributed by atoms with Crippen LogP contribution in [0.1, 0.15) is 46.9 Å². The van der Waals surface area contributed by atoms with Crippen molar-refractivity contribution in [3.8, 4) is 11.3 Å². The molecule has 0 radical (unpaired) electrons. The number of nitrogens with zero attached hydrogens (tertiary/aromatic N) is 2. The molecule has 1 aliphatic rings. The molecule has 0 aliphatic carbocycles. The van der Waals surface area contributed by atoms with E-state index in [-0.39, 0.29) is 18.4 Å². The van der Waals surface area contributed by atoms with Crippen molar-refractivity contribution in [1.29, 1.82) is 0 Å². The van der Waals surface area contributed by atoms with Crippen LogP contribution in [0.3, 0.4) is 0 Å². The second-order valence-electron chi connectivity index (χ2n) is 7.76. The molecule has 0 saturated heterocycles. The van der Waals surface area contributed by atoms with Gasteiger partial charge in [0.2, 0.25) is 5.89 Å². The van der Waals surface area contributed by atoms with E-state index in [2.05, 4.69) is 4.98 Å². The first-order chi connectivity index (χ1) is 15.0. The molecule has 2 heterocycles. The number of carbonyl (C=O) groups is 3. The van der Waals surface area contributed by atoms with Gasteiger partial charge in [0.25, 0.3) is 11.8 Å². The smallest absolute Gasteiger partial charge is 0.329 e. The fraction of sp³-hybridized carbons (Fsp3) is 0.250. The number of oxazole rings is 1. The Labute approximate surface area is 179 Å². The molecule has 4 rings (SSSR count). The quantitative estimate of drug-likeness (QED) is 0.424. The highest BCUT2D eigenvalue weighted by molar-refractivity contribution is 6.22. The number of fused-ring (bicyclic) bond motifs is 1. The van der Waals surface area contributed by atoms with Gasteiger partial charge in [0.05, 0.1) is 17.3 Å². The highest BCUT2D eigenvalue weighted by atomic mass is 16.5. The predicted molar refractivity (Wildman–Crippen MR) is 112 cm³/mol. The van der Waals surface area contributed by atoms with Gasteiger partial charge in [-0.3, -0.25) is 14.5 Å². The summed E-state index contributed by atoms with van der Waals surface area (Å²) in [6.07, 6.45) is 1.86. The van der Waals surface area contributed by atoms with E-state index >= 15 is 0 Å². The molecule has 0 N–H and O–H groups in total. The number of hydrogen-bond acceptors (Lipinski definition) is 6. The van der Waals surface area contributed by atoms with E-state index in [0.29, 0.717) is 23.3 Å². The summed E-state index contributed by atoms with van der Waals surface area (Å²) in [6, 6.07) is 15.0. The molecule has 2 amide bonds. The average Bonchev–Trinajstić information content (AvgIpc) is 3.35. The van der Waals surface area contributed by atoms with Crippen LogP contribution in [0.15, 0.2) is 65.2 Å². The summed E-state index contributed by atoms with van der Waals surface area (Å²) in [6.45, 7) is 3.64. The van der Waals surface area contributed by atoms with E-state index in [0.717, 1.165) is 10.5 Å². The maximum Gasteiger partial charge on any atom is 0.329 e. The van der Waals surface area contributed by atoms with Crippen molar-refractivity contribution in [2.24, 2.45) is 5.92 Å². The Morgan fingerprint density at radius 1 is 1.00 bits per heavy atom. The lowest BCUT2D eigenvalue weighted by molar-refractivity contribution is -0.151. The van der Waals surface area contributed by atoms with Crippen LogP contribution in [0, 0.1) is 5.92 Å². The number of benzene rings is 2. The first-order valence-corrected chi connectivity index (χ1v) is 10.1. The molecule has 0 fully saturated rings. The van der Waals surface area contributed by atoms with Crippen molar-refractivity contribution < 1.29 is 23.5 Å². The lowest BCUT2D eigenvalue weighted by atomic mass is 10.0. The monoisotopic (exact) mass is 418 g/mol. The van der Waals surface area contributed by atoms with Crippen molar-refractivity contribution >= 4 is 17.8 Å². The third-order valence-electron chi connectivity index (χ3n) is 5.05. The molecule has 31 heavy (non-hydrogen) atoms. The average molecular weight is 418 g/mol. The molecule has 1 atom stereocenters. The van der Waals surface area contributed by atoms with Crippen LogP contribution in [-0.2, 0) is 16.1 Å². The zero-order chi connectivity index (χ0) is 22.0. The molecule has 3 aromatic rings. The van der Waals surface area contributed by atoms with Crippen molar-refractivity contribution in [3.05, 3.63) is 77.8 Å². The molecule has 7 nitrogen and oxygen atoms in total. The molecule has 158 valence electrons. The Kier molecular flexibility index (Phi) is 5.66. The van der Waals surface area contributed by atoms with E-state index in [1.54, 1.807) is 30.5 Å². The van der Waals surface area contributed by atoms with Gasteiger partial charge in [-0.1, -0.05) is 56.3 Å². The van der Waals surface area contributed by atoms with E-state index in [9.17, 15) is 14.4 Å². The zero-order valence-corrected chi connectivity index (χ0v) is 17.3. The minimum absolute atomic E-state index is 0.0632. The minimum Gasteiger partial charge on any atom is -0.454 e. The summed E-state index contributed by atoms with van der Waals surface area (Å²) in [4.78, 5) is 43.8. The van der Waals surface area contributed by atoms with Gasteiger partial charge in [0, 0.05) is 5.56 Å². The van der Waals surface area contributed by atoms with Gasteiger partial charge in [0.15, 0.2) is 12.4 Å². The third-order valence-corrected chi connectivity index (χ3v) is 5.05. The van der Waals surface area contributed by atoms with Crippen molar-refractivity contribution in [2.45, 2.75) is 32.9 Å². The Bertz CT molecular complexity index is 1080. The van der Waals surface area contributed by atoms with Crippen LogP contribution in [0.4, 0.5) is 0 Å². The summed E-state index contributed by atoms with van der Waals surface area (Å²) < 4.78 is 11.1. The number of esters is 1. The highest BCUT2D eigenvalue weighted by Crippen LogP contribution is 2.28. The van der Waals surface area contributed by atoms with Crippen LogP contribution in [0.25, 0.3) is 11.3 Å². The SMILES string of the molecule is CC(C)CC(C(=O)OCc1ncc(-c2ccccc2)o1)N1C(=O)c2ccccc2C1=O. The molecular weight excluding hydrogens is 396 g/mol. The molecule has 2 aromatic carbocycles.